The molecule has 2 fully saturated rings. The number of hydrogen-bond acceptors (Lipinski definition) is 5. The first kappa shape index (κ1) is 18.7. The molecule has 0 spiro atoms. The fraction of sp³-hybridized carbons (Fsp3) is 0.476. The third-order valence-corrected chi connectivity index (χ3v) is 5.70. The van der Waals surface area contributed by atoms with Crippen LogP contribution in [0.25, 0.3) is 0 Å². The van der Waals surface area contributed by atoms with Crippen molar-refractivity contribution >= 4 is 23.2 Å². The third-order valence-electron chi connectivity index (χ3n) is 5.70. The molecule has 148 valence electrons. The maximum absolute atomic E-state index is 13.2. The normalized spacial score (nSPS) is 17.8. The van der Waals surface area contributed by atoms with Gasteiger partial charge in [-0.1, -0.05) is 0 Å². The van der Waals surface area contributed by atoms with Crippen molar-refractivity contribution in [2.45, 2.75) is 32.6 Å². The Balaban J connectivity index is 1.35. The minimum absolute atomic E-state index is 0.00908. The van der Waals surface area contributed by atoms with Gasteiger partial charge in [0.25, 0.3) is 0 Å². The lowest BCUT2D eigenvalue weighted by atomic mass is 9.95. The first-order chi connectivity index (χ1) is 13.6. The summed E-state index contributed by atoms with van der Waals surface area (Å²) in [6.45, 7) is 5.49. The molecule has 3 heterocycles. The van der Waals surface area contributed by atoms with E-state index in [9.17, 15) is 9.18 Å². The van der Waals surface area contributed by atoms with Crippen molar-refractivity contribution in [3.05, 3.63) is 42.0 Å². The molecule has 2 saturated heterocycles. The van der Waals surface area contributed by atoms with Crippen molar-refractivity contribution in [2.24, 2.45) is 5.92 Å². The second kappa shape index (κ2) is 8.12. The maximum Gasteiger partial charge on any atom is 0.227 e. The number of carbonyl (C=O) groups is 1. The molecule has 0 bridgehead atoms. The molecule has 0 unspecified atom stereocenters. The highest BCUT2D eigenvalue weighted by Gasteiger charge is 2.26. The van der Waals surface area contributed by atoms with Gasteiger partial charge in [0.05, 0.1) is 0 Å². The Morgan fingerprint density at radius 2 is 1.68 bits per heavy atom. The number of aryl methyl sites for hydroxylation is 1. The molecule has 1 amide bonds. The van der Waals surface area contributed by atoms with Crippen LogP contribution in [0.2, 0.25) is 0 Å². The van der Waals surface area contributed by atoms with E-state index < -0.39 is 0 Å². The zero-order chi connectivity index (χ0) is 19.5. The lowest BCUT2D eigenvalue weighted by Crippen LogP contribution is -2.38. The Labute approximate surface area is 164 Å². The third kappa shape index (κ3) is 4.08. The molecule has 1 aromatic carbocycles. The fourth-order valence-corrected chi connectivity index (χ4v) is 4.00. The van der Waals surface area contributed by atoms with Gasteiger partial charge in [-0.2, -0.15) is 0 Å². The molecular weight excluding hydrogens is 357 g/mol. The Morgan fingerprint density at radius 1 is 1.04 bits per heavy atom. The number of piperidine rings is 1. The highest BCUT2D eigenvalue weighted by atomic mass is 19.1. The van der Waals surface area contributed by atoms with Crippen molar-refractivity contribution in [1.29, 1.82) is 0 Å². The highest BCUT2D eigenvalue weighted by molar-refractivity contribution is 5.93. The molecule has 6 nitrogen and oxygen atoms in total. The van der Waals surface area contributed by atoms with Crippen molar-refractivity contribution < 1.29 is 9.18 Å². The average molecular weight is 383 g/mol. The van der Waals surface area contributed by atoms with E-state index in [0.717, 1.165) is 56.2 Å². The first-order valence-corrected chi connectivity index (χ1v) is 9.99. The zero-order valence-corrected chi connectivity index (χ0v) is 16.2. The number of hydrogen-bond donors (Lipinski definition) is 1. The summed E-state index contributed by atoms with van der Waals surface area (Å²) in [7, 11) is 0. The zero-order valence-electron chi connectivity index (χ0n) is 16.2. The van der Waals surface area contributed by atoms with E-state index >= 15 is 0 Å². The standard InChI is InChI=1S/C21H26FN5O/c1-15-12-17(22)4-5-18(15)25-21(28)16-6-10-27(11-7-16)20-13-19(23-14-24-20)26-8-2-3-9-26/h4-5,12-14,16H,2-3,6-11H2,1H3,(H,25,28). The largest absolute Gasteiger partial charge is 0.356 e. The van der Waals surface area contributed by atoms with Crippen LogP contribution in [0, 0.1) is 18.7 Å². The topological polar surface area (TPSA) is 61.4 Å². The number of halogens is 1. The van der Waals surface area contributed by atoms with E-state index in [4.69, 9.17) is 0 Å². The number of nitrogens with one attached hydrogen (secondary N) is 1. The number of amides is 1. The molecule has 1 N–H and O–H groups in total. The monoisotopic (exact) mass is 383 g/mol. The summed E-state index contributed by atoms with van der Waals surface area (Å²) in [5.74, 6) is 1.61. The van der Waals surface area contributed by atoms with Crippen LogP contribution in [0.3, 0.4) is 0 Å². The van der Waals surface area contributed by atoms with Gasteiger partial charge in [-0.05, 0) is 56.4 Å². The first-order valence-electron chi connectivity index (χ1n) is 9.99. The van der Waals surface area contributed by atoms with Gasteiger partial charge in [0.2, 0.25) is 5.91 Å². The molecule has 7 heteroatoms. The minimum atomic E-state index is -0.290. The second-order valence-corrected chi connectivity index (χ2v) is 7.64. The Morgan fingerprint density at radius 3 is 2.32 bits per heavy atom. The fourth-order valence-electron chi connectivity index (χ4n) is 4.00. The summed E-state index contributed by atoms with van der Waals surface area (Å²) in [5, 5.41) is 2.95. The number of carbonyl (C=O) groups excluding carboxylic acids is 1. The summed E-state index contributed by atoms with van der Waals surface area (Å²) < 4.78 is 13.2. The summed E-state index contributed by atoms with van der Waals surface area (Å²) in [6.07, 6.45) is 5.62. The predicted molar refractivity (Wildman–Crippen MR) is 108 cm³/mol. The molecule has 0 atom stereocenters. The Hall–Kier alpha value is -2.70. The Kier molecular flexibility index (Phi) is 5.41. The number of anilines is 3. The number of nitrogens with zero attached hydrogens (tertiary/aromatic N) is 4. The van der Waals surface area contributed by atoms with E-state index in [0.29, 0.717) is 5.69 Å². The van der Waals surface area contributed by atoms with E-state index in [1.54, 1.807) is 19.3 Å². The van der Waals surface area contributed by atoms with Crippen molar-refractivity contribution in [1.82, 2.24) is 9.97 Å². The van der Waals surface area contributed by atoms with Crippen LogP contribution in [-0.4, -0.2) is 42.1 Å². The molecule has 2 aliphatic rings. The van der Waals surface area contributed by atoms with Gasteiger partial charge in [0.15, 0.2) is 0 Å². The van der Waals surface area contributed by atoms with Crippen LogP contribution >= 0.6 is 0 Å². The predicted octanol–water partition coefficient (Wildman–Crippen LogP) is 3.38. The molecule has 0 saturated carbocycles. The molecule has 2 aliphatic heterocycles. The van der Waals surface area contributed by atoms with Gasteiger partial charge in [0.1, 0.15) is 23.8 Å². The van der Waals surface area contributed by atoms with E-state index in [1.165, 1.54) is 25.0 Å². The van der Waals surface area contributed by atoms with Crippen LogP contribution in [0.5, 0.6) is 0 Å². The molecule has 4 rings (SSSR count). The van der Waals surface area contributed by atoms with Gasteiger partial charge < -0.3 is 15.1 Å². The van der Waals surface area contributed by atoms with E-state index in [-0.39, 0.29) is 17.6 Å². The summed E-state index contributed by atoms with van der Waals surface area (Å²) in [5.41, 5.74) is 1.42. The van der Waals surface area contributed by atoms with Gasteiger partial charge in [-0.3, -0.25) is 4.79 Å². The number of aromatic nitrogens is 2. The lowest BCUT2D eigenvalue weighted by molar-refractivity contribution is -0.120. The van der Waals surface area contributed by atoms with E-state index in [2.05, 4.69) is 31.2 Å². The van der Waals surface area contributed by atoms with Gasteiger partial charge in [-0.15, -0.1) is 0 Å². The number of benzene rings is 1. The molecule has 2 aromatic rings. The van der Waals surface area contributed by atoms with Crippen molar-refractivity contribution in [3.8, 4) is 0 Å². The molecule has 0 aliphatic carbocycles. The molecule has 1 aromatic heterocycles. The van der Waals surface area contributed by atoms with Gasteiger partial charge in [0, 0.05) is 43.9 Å². The van der Waals surface area contributed by atoms with Gasteiger partial charge in [-0.25, -0.2) is 14.4 Å². The summed E-state index contributed by atoms with van der Waals surface area (Å²) in [6, 6.07) is 6.50. The van der Waals surface area contributed by atoms with Crippen LogP contribution in [0.1, 0.15) is 31.2 Å². The SMILES string of the molecule is Cc1cc(F)ccc1NC(=O)C1CCN(c2cc(N3CCCC3)ncn2)CC1. The smallest absolute Gasteiger partial charge is 0.227 e. The van der Waals surface area contributed by atoms with Crippen molar-refractivity contribution in [3.63, 3.8) is 0 Å². The number of rotatable bonds is 4. The Bertz CT molecular complexity index is 844. The maximum atomic E-state index is 13.2. The second-order valence-electron chi connectivity index (χ2n) is 7.64. The quantitative estimate of drug-likeness (QED) is 0.877. The van der Waals surface area contributed by atoms with Crippen molar-refractivity contribution in [2.75, 3.05) is 41.3 Å². The van der Waals surface area contributed by atoms with E-state index in [1.807, 2.05) is 0 Å². The summed E-state index contributed by atoms with van der Waals surface area (Å²) in [4.78, 5) is 26.0. The average Bonchev–Trinajstić information content (AvgIpc) is 3.25. The molecule has 0 radical (unpaired) electrons. The van der Waals surface area contributed by atoms with Crippen LogP contribution < -0.4 is 15.1 Å². The molecular formula is C21H26FN5O. The summed E-state index contributed by atoms with van der Waals surface area (Å²) >= 11 is 0. The minimum Gasteiger partial charge on any atom is -0.356 e. The van der Waals surface area contributed by atoms with Crippen LogP contribution in [-0.2, 0) is 4.79 Å². The van der Waals surface area contributed by atoms with Gasteiger partial charge >= 0.3 is 0 Å². The van der Waals surface area contributed by atoms with Crippen LogP contribution in [0.4, 0.5) is 21.7 Å². The van der Waals surface area contributed by atoms with Crippen LogP contribution in [0.15, 0.2) is 30.6 Å². The lowest BCUT2D eigenvalue weighted by Gasteiger charge is -2.32. The highest BCUT2D eigenvalue weighted by Crippen LogP contribution is 2.26. The molecule has 28 heavy (non-hydrogen) atoms.